The third-order valence-electron chi connectivity index (χ3n) is 6.76. The maximum atomic E-state index is 12.3. The van der Waals surface area contributed by atoms with Crippen molar-refractivity contribution in [3.8, 4) is 0 Å². The highest BCUT2D eigenvalue weighted by atomic mass is 16.6. The fourth-order valence-electron chi connectivity index (χ4n) is 4.70. The van der Waals surface area contributed by atoms with Crippen molar-refractivity contribution in [2.75, 3.05) is 26.2 Å². The first-order valence-electron chi connectivity index (χ1n) is 11.4. The molecule has 0 aliphatic carbocycles. The number of likely N-dealkylation sites (tertiary alicyclic amines) is 2. The molecular formula is C25H38N2O3. The Bertz CT molecular complexity index is 735. The number of carbonyl (C=O) groups is 2. The van der Waals surface area contributed by atoms with Gasteiger partial charge in [-0.25, -0.2) is 4.79 Å². The lowest BCUT2D eigenvalue weighted by Crippen LogP contribution is -2.56. The summed E-state index contributed by atoms with van der Waals surface area (Å²) in [5.74, 6) is 0.829. The second kappa shape index (κ2) is 9.09. The monoisotopic (exact) mass is 414 g/mol. The van der Waals surface area contributed by atoms with Gasteiger partial charge in [0.2, 0.25) is 0 Å². The molecule has 2 saturated heterocycles. The molecule has 5 nitrogen and oxygen atoms in total. The van der Waals surface area contributed by atoms with Crippen LogP contribution < -0.4 is 0 Å². The molecule has 1 aromatic rings. The number of benzene rings is 1. The van der Waals surface area contributed by atoms with Gasteiger partial charge < -0.3 is 9.64 Å². The molecular weight excluding hydrogens is 376 g/mol. The summed E-state index contributed by atoms with van der Waals surface area (Å²) in [7, 11) is 0. The van der Waals surface area contributed by atoms with Gasteiger partial charge in [-0.05, 0) is 91.3 Å². The van der Waals surface area contributed by atoms with Crippen LogP contribution in [0.5, 0.6) is 0 Å². The Balaban J connectivity index is 1.46. The fourth-order valence-corrected chi connectivity index (χ4v) is 4.70. The van der Waals surface area contributed by atoms with Gasteiger partial charge in [-0.15, -0.1) is 0 Å². The van der Waals surface area contributed by atoms with Crippen LogP contribution in [0.15, 0.2) is 24.3 Å². The topological polar surface area (TPSA) is 49.9 Å². The number of rotatable bonds is 4. The van der Waals surface area contributed by atoms with Crippen LogP contribution in [-0.2, 0) is 11.2 Å². The summed E-state index contributed by atoms with van der Waals surface area (Å²) >= 11 is 0. The van der Waals surface area contributed by atoms with E-state index in [1.54, 1.807) is 6.92 Å². The summed E-state index contributed by atoms with van der Waals surface area (Å²) in [5.41, 5.74) is 1.85. The van der Waals surface area contributed by atoms with E-state index in [9.17, 15) is 9.59 Å². The standard InChI is InChI=1S/C25H38N2O3/c1-19(28)22-8-6-20(7-9-22)18-21-10-14-27(15-11-21)25(5)12-16-26(17-13-25)23(29)30-24(2,3)4/h6-9,21H,10-18H2,1-5H3. The molecule has 166 valence electrons. The van der Waals surface area contributed by atoms with Gasteiger partial charge in [0, 0.05) is 24.2 Å². The van der Waals surface area contributed by atoms with Gasteiger partial charge >= 0.3 is 6.09 Å². The van der Waals surface area contributed by atoms with Crippen molar-refractivity contribution in [3.05, 3.63) is 35.4 Å². The summed E-state index contributed by atoms with van der Waals surface area (Å²) in [5, 5.41) is 0. The van der Waals surface area contributed by atoms with Crippen LogP contribution in [0.2, 0.25) is 0 Å². The number of ether oxygens (including phenoxy) is 1. The molecule has 0 saturated carbocycles. The first-order chi connectivity index (χ1) is 14.1. The molecule has 0 bridgehead atoms. The van der Waals surface area contributed by atoms with Crippen molar-refractivity contribution in [2.24, 2.45) is 5.92 Å². The molecule has 0 atom stereocenters. The lowest BCUT2D eigenvalue weighted by atomic mass is 9.83. The SMILES string of the molecule is CC(=O)c1ccc(CC2CCN(C3(C)CCN(C(=O)OC(C)(C)C)CC3)CC2)cc1. The van der Waals surface area contributed by atoms with E-state index in [2.05, 4.69) is 24.0 Å². The van der Waals surface area contributed by atoms with Crippen molar-refractivity contribution in [3.63, 3.8) is 0 Å². The zero-order valence-electron chi connectivity index (χ0n) is 19.4. The van der Waals surface area contributed by atoms with Crippen LogP contribution in [0.25, 0.3) is 0 Å². The van der Waals surface area contributed by atoms with Crippen molar-refractivity contribution in [1.29, 1.82) is 0 Å². The van der Waals surface area contributed by atoms with Gasteiger partial charge in [0.25, 0.3) is 0 Å². The number of nitrogens with zero attached hydrogens (tertiary/aromatic N) is 2. The highest BCUT2D eigenvalue weighted by Crippen LogP contribution is 2.33. The Morgan fingerprint density at radius 3 is 2.10 bits per heavy atom. The van der Waals surface area contributed by atoms with Crippen LogP contribution in [0.4, 0.5) is 4.79 Å². The zero-order valence-corrected chi connectivity index (χ0v) is 19.4. The maximum Gasteiger partial charge on any atom is 0.410 e. The minimum atomic E-state index is -0.438. The minimum absolute atomic E-state index is 0.126. The molecule has 2 aliphatic heterocycles. The number of carbonyl (C=O) groups excluding carboxylic acids is 2. The van der Waals surface area contributed by atoms with Crippen LogP contribution in [0.3, 0.4) is 0 Å². The molecule has 30 heavy (non-hydrogen) atoms. The second-order valence-electron chi connectivity index (χ2n) is 10.4. The molecule has 5 heteroatoms. The Morgan fingerprint density at radius 1 is 1.03 bits per heavy atom. The van der Waals surface area contributed by atoms with Gasteiger partial charge in [-0.1, -0.05) is 24.3 Å². The number of ketones is 1. The van der Waals surface area contributed by atoms with Crippen LogP contribution >= 0.6 is 0 Å². The van der Waals surface area contributed by atoms with Gasteiger partial charge in [0.05, 0.1) is 0 Å². The predicted octanol–water partition coefficient (Wildman–Crippen LogP) is 4.93. The van der Waals surface area contributed by atoms with Crippen LogP contribution in [0.1, 0.15) is 76.2 Å². The van der Waals surface area contributed by atoms with Crippen LogP contribution in [0, 0.1) is 5.92 Å². The number of hydrogen-bond acceptors (Lipinski definition) is 4. The predicted molar refractivity (Wildman–Crippen MR) is 120 cm³/mol. The van der Waals surface area contributed by atoms with Crippen molar-refractivity contribution >= 4 is 11.9 Å². The Morgan fingerprint density at radius 2 is 1.60 bits per heavy atom. The third kappa shape index (κ3) is 5.84. The van der Waals surface area contributed by atoms with Crippen LogP contribution in [-0.4, -0.2) is 59.0 Å². The largest absolute Gasteiger partial charge is 0.444 e. The summed E-state index contributed by atoms with van der Waals surface area (Å²) in [6.45, 7) is 13.5. The van der Waals surface area contributed by atoms with E-state index in [1.165, 1.54) is 18.4 Å². The molecule has 0 radical (unpaired) electrons. The molecule has 3 rings (SSSR count). The first kappa shape index (κ1) is 22.8. The number of amides is 1. The summed E-state index contributed by atoms with van der Waals surface area (Å²) < 4.78 is 5.54. The first-order valence-corrected chi connectivity index (χ1v) is 11.4. The molecule has 0 spiro atoms. The molecule has 2 aliphatic rings. The van der Waals surface area contributed by atoms with Crippen molar-refractivity contribution in [2.45, 2.75) is 77.9 Å². The average molecular weight is 415 g/mol. The second-order valence-corrected chi connectivity index (χ2v) is 10.4. The molecule has 0 aromatic heterocycles. The molecule has 0 N–H and O–H groups in total. The Hall–Kier alpha value is -1.88. The molecule has 2 fully saturated rings. The summed E-state index contributed by atoms with van der Waals surface area (Å²) in [4.78, 5) is 28.3. The van der Waals surface area contributed by atoms with Gasteiger partial charge in [-0.3, -0.25) is 9.69 Å². The van der Waals surface area contributed by atoms with E-state index in [1.807, 2.05) is 37.8 Å². The van der Waals surface area contributed by atoms with E-state index in [0.29, 0.717) is 5.92 Å². The Labute approximate surface area is 181 Å². The molecule has 2 heterocycles. The van der Waals surface area contributed by atoms with E-state index < -0.39 is 5.60 Å². The smallest absolute Gasteiger partial charge is 0.410 e. The molecule has 1 amide bonds. The quantitative estimate of drug-likeness (QED) is 0.655. The maximum absolute atomic E-state index is 12.3. The van der Waals surface area contributed by atoms with E-state index >= 15 is 0 Å². The minimum Gasteiger partial charge on any atom is -0.444 e. The van der Waals surface area contributed by atoms with Gasteiger partial charge in [0.15, 0.2) is 5.78 Å². The molecule has 0 unspecified atom stereocenters. The highest BCUT2D eigenvalue weighted by molar-refractivity contribution is 5.94. The summed E-state index contributed by atoms with van der Waals surface area (Å²) in [6, 6.07) is 8.12. The average Bonchev–Trinajstić information content (AvgIpc) is 2.68. The number of piperidine rings is 2. The highest BCUT2D eigenvalue weighted by Gasteiger charge is 2.39. The summed E-state index contributed by atoms with van der Waals surface area (Å²) in [6.07, 6.45) is 5.33. The van der Waals surface area contributed by atoms with Gasteiger partial charge in [0.1, 0.15) is 5.60 Å². The van der Waals surface area contributed by atoms with Crippen molar-refractivity contribution in [1.82, 2.24) is 9.80 Å². The van der Waals surface area contributed by atoms with Gasteiger partial charge in [-0.2, -0.15) is 0 Å². The van der Waals surface area contributed by atoms with E-state index in [-0.39, 0.29) is 17.4 Å². The van der Waals surface area contributed by atoms with E-state index in [0.717, 1.165) is 51.0 Å². The zero-order chi connectivity index (χ0) is 21.9. The lowest BCUT2D eigenvalue weighted by Gasteiger charge is -2.49. The number of hydrogen-bond donors (Lipinski definition) is 0. The third-order valence-corrected chi connectivity index (χ3v) is 6.76. The number of Topliss-reactive ketones (excluding diaryl/α,β-unsaturated/α-hetero) is 1. The Kier molecular flexibility index (Phi) is 6.91. The fraction of sp³-hybridized carbons (Fsp3) is 0.680. The molecule has 1 aromatic carbocycles. The normalized spacial score (nSPS) is 20.8. The lowest BCUT2D eigenvalue weighted by molar-refractivity contribution is -0.0105. The van der Waals surface area contributed by atoms with E-state index in [4.69, 9.17) is 4.74 Å². The van der Waals surface area contributed by atoms with Crippen molar-refractivity contribution < 1.29 is 14.3 Å².